The standard InChI is InChI=1S/C21H24N2O6S/c1-16-5-8-18(29-16)9-12-21(25)28-15-20(24)22-17-6-10-19(11-7-17)30(26,27)23-13-3-2-4-14-23/h5-12H,2-4,13-15H2,1H3,(H,22,24)/b12-9+. The van der Waals surface area contributed by atoms with Crippen molar-refractivity contribution in [3.63, 3.8) is 0 Å². The van der Waals surface area contributed by atoms with Crippen LogP contribution in [0.25, 0.3) is 6.08 Å². The van der Waals surface area contributed by atoms with Crippen molar-refractivity contribution in [2.45, 2.75) is 31.1 Å². The Morgan fingerprint density at radius 2 is 1.80 bits per heavy atom. The van der Waals surface area contributed by atoms with Crippen molar-refractivity contribution in [3.8, 4) is 0 Å². The number of amides is 1. The summed E-state index contributed by atoms with van der Waals surface area (Å²) in [6.07, 6.45) is 5.39. The zero-order valence-corrected chi connectivity index (χ0v) is 17.5. The first-order valence-corrected chi connectivity index (χ1v) is 11.1. The van der Waals surface area contributed by atoms with Crippen molar-refractivity contribution in [2.24, 2.45) is 0 Å². The number of esters is 1. The Morgan fingerprint density at radius 1 is 1.10 bits per heavy atom. The smallest absolute Gasteiger partial charge is 0.331 e. The lowest BCUT2D eigenvalue weighted by Crippen LogP contribution is -2.35. The molecule has 30 heavy (non-hydrogen) atoms. The highest BCUT2D eigenvalue weighted by Gasteiger charge is 2.25. The minimum atomic E-state index is -3.52. The summed E-state index contributed by atoms with van der Waals surface area (Å²) in [5.74, 6) is 0.0186. The summed E-state index contributed by atoms with van der Waals surface area (Å²) in [6, 6.07) is 9.41. The molecule has 1 aliphatic heterocycles. The van der Waals surface area contributed by atoms with Crippen LogP contribution in [0.1, 0.15) is 30.8 Å². The molecule has 2 aromatic rings. The number of nitrogens with one attached hydrogen (secondary N) is 1. The number of hydrogen-bond donors (Lipinski definition) is 1. The Labute approximate surface area is 175 Å². The first kappa shape index (κ1) is 21.8. The van der Waals surface area contributed by atoms with Gasteiger partial charge in [0.25, 0.3) is 5.91 Å². The largest absolute Gasteiger partial charge is 0.462 e. The molecule has 2 heterocycles. The summed E-state index contributed by atoms with van der Waals surface area (Å²) in [7, 11) is -3.52. The van der Waals surface area contributed by atoms with Crippen molar-refractivity contribution < 1.29 is 27.2 Å². The molecule has 0 aliphatic carbocycles. The van der Waals surface area contributed by atoms with E-state index >= 15 is 0 Å². The van der Waals surface area contributed by atoms with Crippen LogP contribution in [0.4, 0.5) is 5.69 Å². The summed E-state index contributed by atoms with van der Waals surface area (Å²) in [5.41, 5.74) is 0.412. The molecule has 1 fully saturated rings. The lowest BCUT2D eigenvalue weighted by molar-refractivity contribution is -0.142. The second-order valence-electron chi connectivity index (χ2n) is 6.93. The van der Waals surface area contributed by atoms with Crippen LogP contribution in [-0.4, -0.2) is 44.3 Å². The molecule has 0 saturated carbocycles. The molecular weight excluding hydrogens is 408 g/mol. The van der Waals surface area contributed by atoms with Crippen LogP contribution >= 0.6 is 0 Å². The van der Waals surface area contributed by atoms with Gasteiger partial charge in [-0.1, -0.05) is 6.42 Å². The molecule has 0 unspecified atom stereocenters. The summed E-state index contributed by atoms with van der Waals surface area (Å²) in [5, 5.41) is 2.57. The zero-order chi connectivity index (χ0) is 21.6. The van der Waals surface area contributed by atoms with Crippen molar-refractivity contribution in [1.82, 2.24) is 4.31 Å². The van der Waals surface area contributed by atoms with E-state index in [2.05, 4.69) is 5.32 Å². The van der Waals surface area contributed by atoms with Gasteiger partial charge in [0.2, 0.25) is 10.0 Å². The van der Waals surface area contributed by atoms with Gasteiger partial charge in [-0.2, -0.15) is 4.31 Å². The van der Waals surface area contributed by atoms with E-state index in [1.165, 1.54) is 40.7 Å². The Hall–Kier alpha value is -2.91. The molecular formula is C21H24N2O6S. The van der Waals surface area contributed by atoms with Crippen molar-refractivity contribution in [1.29, 1.82) is 0 Å². The molecule has 0 spiro atoms. The number of anilines is 1. The van der Waals surface area contributed by atoms with Gasteiger partial charge in [0, 0.05) is 24.9 Å². The van der Waals surface area contributed by atoms with Crippen LogP contribution in [0.15, 0.2) is 51.8 Å². The first-order valence-electron chi connectivity index (χ1n) is 9.66. The quantitative estimate of drug-likeness (QED) is 0.533. The SMILES string of the molecule is Cc1ccc(/C=C/C(=O)OCC(=O)Nc2ccc(S(=O)(=O)N3CCCCC3)cc2)o1. The highest BCUT2D eigenvalue weighted by molar-refractivity contribution is 7.89. The third-order valence-electron chi connectivity index (χ3n) is 4.58. The molecule has 3 rings (SSSR count). The molecule has 1 N–H and O–H groups in total. The van der Waals surface area contributed by atoms with Gasteiger partial charge in [-0.05, 0) is 62.2 Å². The van der Waals surface area contributed by atoms with Gasteiger partial charge in [0.1, 0.15) is 11.5 Å². The van der Waals surface area contributed by atoms with E-state index in [0.717, 1.165) is 25.0 Å². The van der Waals surface area contributed by atoms with E-state index < -0.39 is 28.5 Å². The van der Waals surface area contributed by atoms with Gasteiger partial charge in [-0.3, -0.25) is 4.79 Å². The lowest BCUT2D eigenvalue weighted by Gasteiger charge is -2.25. The van der Waals surface area contributed by atoms with Gasteiger partial charge in [-0.15, -0.1) is 0 Å². The Morgan fingerprint density at radius 3 is 2.43 bits per heavy atom. The maximum Gasteiger partial charge on any atom is 0.331 e. The van der Waals surface area contributed by atoms with Gasteiger partial charge >= 0.3 is 5.97 Å². The highest BCUT2D eigenvalue weighted by atomic mass is 32.2. The molecule has 0 bridgehead atoms. The van der Waals surface area contributed by atoms with Crippen molar-refractivity contribution in [2.75, 3.05) is 25.0 Å². The van der Waals surface area contributed by atoms with E-state index in [9.17, 15) is 18.0 Å². The maximum atomic E-state index is 12.6. The number of benzene rings is 1. The lowest BCUT2D eigenvalue weighted by atomic mass is 10.2. The van der Waals surface area contributed by atoms with E-state index in [1.54, 1.807) is 19.1 Å². The normalized spacial score (nSPS) is 15.2. The average molecular weight is 432 g/mol. The number of aryl methyl sites for hydroxylation is 1. The third kappa shape index (κ3) is 5.80. The van der Waals surface area contributed by atoms with E-state index in [0.29, 0.717) is 24.5 Å². The molecule has 8 nitrogen and oxygen atoms in total. The molecule has 1 aromatic carbocycles. The fourth-order valence-electron chi connectivity index (χ4n) is 3.04. The minimum absolute atomic E-state index is 0.187. The number of ether oxygens (including phenoxy) is 1. The van der Waals surface area contributed by atoms with Crippen molar-refractivity contribution in [3.05, 3.63) is 54.0 Å². The Bertz CT molecular complexity index is 1020. The van der Waals surface area contributed by atoms with Gasteiger partial charge in [0.15, 0.2) is 6.61 Å². The summed E-state index contributed by atoms with van der Waals surface area (Å²) in [4.78, 5) is 23.8. The molecule has 0 radical (unpaired) electrons. The predicted molar refractivity (Wildman–Crippen MR) is 111 cm³/mol. The van der Waals surface area contributed by atoms with Crippen LogP contribution in [0, 0.1) is 6.92 Å². The number of furan rings is 1. The molecule has 1 saturated heterocycles. The van der Waals surface area contributed by atoms with Crippen LogP contribution in [0.2, 0.25) is 0 Å². The number of hydrogen-bond acceptors (Lipinski definition) is 6. The topological polar surface area (TPSA) is 106 Å². The molecule has 160 valence electrons. The molecule has 1 aromatic heterocycles. The van der Waals surface area contributed by atoms with Gasteiger partial charge in [-0.25, -0.2) is 13.2 Å². The average Bonchev–Trinajstić information content (AvgIpc) is 3.17. The maximum absolute atomic E-state index is 12.6. The Kier molecular flexibility index (Phi) is 7.07. The molecule has 9 heteroatoms. The second-order valence-corrected chi connectivity index (χ2v) is 8.86. The summed E-state index contributed by atoms with van der Waals surface area (Å²) < 4.78 is 36.9. The van der Waals surface area contributed by atoms with E-state index in [4.69, 9.17) is 9.15 Å². The highest BCUT2D eigenvalue weighted by Crippen LogP contribution is 2.22. The van der Waals surface area contributed by atoms with E-state index in [1.807, 2.05) is 0 Å². The van der Waals surface area contributed by atoms with Gasteiger partial charge < -0.3 is 14.5 Å². The first-order chi connectivity index (χ1) is 14.3. The zero-order valence-electron chi connectivity index (χ0n) is 16.7. The van der Waals surface area contributed by atoms with Crippen molar-refractivity contribution >= 4 is 33.7 Å². The Balaban J connectivity index is 1.49. The number of carbonyl (C=O) groups is 2. The summed E-state index contributed by atoms with van der Waals surface area (Å²) >= 11 is 0. The molecule has 1 amide bonds. The molecule has 1 aliphatic rings. The van der Waals surface area contributed by atoms with Gasteiger partial charge in [0.05, 0.1) is 4.90 Å². The van der Waals surface area contributed by atoms with Crippen LogP contribution in [0.5, 0.6) is 0 Å². The third-order valence-corrected chi connectivity index (χ3v) is 6.49. The van der Waals surface area contributed by atoms with Crippen LogP contribution < -0.4 is 5.32 Å². The molecule has 0 atom stereocenters. The fraction of sp³-hybridized carbons (Fsp3) is 0.333. The fourth-order valence-corrected chi connectivity index (χ4v) is 4.56. The van der Waals surface area contributed by atoms with Crippen LogP contribution in [-0.2, 0) is 24.3 Å². The number of rotatable bonds is 7. The predicted octanol–water partition coefficient (Wildman–Crippen LogP) is 2.96. The monoisotopic (exact) mass is 432 g/mol. The number of piperidine rings is 1. The van der Waals surface area contributed by atoms with E-state index in [-0.39, 0.29) is 4.90 Å². The minimum Gasteiger partial charge on any atom is -0.462 e. The number of nitrogens with zero attached hydrogens (tertiary/aromatic N) is 1. The summed E-state index contributed by atoms with van der Waals surface area (Å²) in [6.45, 7) is 2.38. The number of sulfonamides is 1. The second kappa shape index (κ2) is 9.73. The number of carbonyl (C=O) groups excluding carboxylic acids is 2. The van der Waals surface area contributed by atoms with Crippen LogP contribution in [0.3, 0.4) is 0 Å².